The fourth-order valence-electron chi connectivity index (χ4n) is 2.12. The molecule has 0 aliphatic heterocycles. The summed E-state index contributed by atoms with van der Waals surface area (Å²) in [5.74, 6) is -0.852. The number of nitro groups is 1. The molecule has 106 valence electrons. The van der Waals surface area contributed by atoms with Gasteiger partial charge in [0.25, 0.3) is 0 Å². The van der Waals surface area contributed by atoms with Gasteiger partial charge in [-0.05, 0) is 19.9 Å². The number of aromatic nitrogens is 2. The van der Waals surface area contributed by atoms with Gasteiger partial charge in [-0.3, -0.25) is 14.8 Å². The Morgan fingerprint density at radius 2 is 2.20 bits per heavy atom. The van der Waals surface area contributed by atoms with Crippen molar-refractivity contribution in [1.82, 2.24) is 9.78 Å². The van der Waals surface area contributed by atoms with Crippen molar-refractivity contribution in [1.29, 1.82) is 0 Å². The minimum atomic E-state index is -0.852. The summed E-state index contributed by atoms with van der Waals surface area (Å²) in [6.07, 6.45) is 1.88. The van der Waals surface area contributed by atoms with Crippen molar-refractivity contribution in [2.45, 2.75) is 19.9 Å². The molecule has 0 bridgehead atoms. The second kappa shape index (κ2) is 5.28. The average molecular weight is 278 g/mol. The van der Waals surface area contributed by atoms with Gasteiger partial charge in [0.1, 0.15) is 0 Å². The van der Waals surface area contributed by atoms with Crippen LogP contribution in [0.4, 0.5) is 15.8 Å². The molecule has 1 unspecified atom stereocenters. The molecule has 2 aromatic rings. The van der Waals surface area contributed by atoms with E-state index in [9.17, 15) is 14.5 Å². The highest BCUT2D eigenvalue weighted by molar-refractivity contribution is 5.51. The fraction of sp³-hybridized carbons (Fsp3) is 0.308. The molecule has 1 N–H and O–H groups in total. The van der Waals surface area contributed by atoms with Crippen molar-refractivity contribution in [3.8, 4) is 0 Å². The summed E-state index contributed by atoms with van der Waals surface area (Å²) in [4.78, 5) is 9.82. The smallest absolute Gasteiger partial charge is 0.304 e. The molecule has 0 aliphatic rings. The highest BCUT2D eigenvalue weighted by atomic mass is 19.1. The highest BCUT2D eigenvalue weighted by Gasteiger charge is 2.16. The molecular formula is C13H15FN4O2. The Hall–Kier alpha value is -2.44. The summed E-state index contributed by atoms with van der Waals surface area (Å²) < 4.78 is 15.2. The van der Waals surface area contributed by atoms with E-state index in [1.165, 1.54) is 6.07 Å². The number of nitro benzene ring substituents is 1. The maximum atomic E-state index is 13.5. The van der Waals surface area contributed by atoms with Gasteiger partial charge in [-0.15, -0.1) is 0 Å². The van der Waals surface area contributed by atoms with Crippen molar-refractivity contribution in [2.24, 2.45) is 7.05 Å². The first-order valence-electron chi connectivity index (χ1n) is 6.09. The lowest BCUT2D eigenvalue weighted by atomic mass is 10.1. The maximum Gasteiger partial charge on any atom is 0.304 e. The first-order valence-corrected chi connectivity index (χ1v) is 6.09. The summed E-state index contributed by atoms with van der Waals surface area (Å²) in [5, 5.41) is 17.9. The summed E-state index contributed by atoms with van der Waals surface area (Å²) >= 11 is 0. The monoisotopic (exact) mass is 278 g/mol. The van der Waals surface area contributed by atoms with Gasteiger partial charge in [-0.1, -0.05) is 0 Å². The van der Waals surface area contributed by atoms with E-state index in [-0.39, 0.29) is 6.04 Å². The van der Waals surface area contributed by atoms with Crippen LogP contribution < -0.4 is 5.32 Å². The predicted molar refractivity (Wildman–Crippen MR) is 73.0 cm³/mol. The lowest BCUT2D eigenvalue weighted by Gasteiger charge is -2.14. The van der Waals surface area contributed by atoms with Crippen LogP contribution in [0.3, 0.4) is 0 Å². The van der Waals surface area contributed by atoms with Gasteiger partial charge in [0.05, 0.1) is 16.7 Å². The van der Waals surface area contributed by atoms with Crippen LogP contribution in [0.15, 0.2) is 24.4 Å². The number of hydrogen-bond donors (Lipinski definition) is 1. The number of anilines is 1. The zero-order valence-corrected chi connectivity index (χ0v) is 11.4. The molecule has 0 radical (unpaired) electrons. The molecule has 7 heteroatoms. The van der Waals surface area contributed by atoms with Crippen LogP contribution in [0, 0.1) is 22.9 Å². The van der Waals surface area contributed by atoms with Crippen LogP contribution in [-0.4, -0.2) is 14.7 Å². The largest absolute Gasteiger partial charge is 0.378 e. The molecule has 1 aromatic carbocycles. The molecular weight excluding hydrogens is 263 g/mol. The molecule has 6 nitrogen and oxygen atoms in total. The van der Waals surface area contributed by atoms with Crippen LogP contribution in [0.25, 0.3) is 0 Å². The van der Waals surface area contributed by atoms with Crippen molar-refractivity contribution >= 4 is 11.4 Å². The van der Waals surface area contributed by atoms with Crippen LogP contribution in [0.5, 0.6) is 0 Å². The summed E-state index contributed by atoms with van der Waals surface area (Å²) in [7, 11) is 1.83. The zero-order valence-electron chi connectivity index (χ0n) is 11.4. The summed E-state index contributed by atoms with van der Waals surface area (Å²) in [6.45, 7) is 3.81. The first-order chi connectivity index (χ1) is 9.38. The Balaban J connectivity index is 2.20. The Kier molecular flexibility index (Phi) is 3.69. The van der Waals surface area contributed by atoms with Gasteiger partial charge in [-0.25, -0.2) is 0 Å². The molecule has 0 aliphatic carbocycles. The number of rotatable bonds is 4. The molecule has 2 rings (SSSR count). The Labute approximate surface area is 115 Å². The highest BCUT2D eigenvalue weighted by Crippen LogP contribution is 2.25. The van der Waals surface area contributed by atoms with Gasteiger partial charge < -0.3 is 5.32 Å². The van der Waals surface area contributed by atoms with E-state index >= 15 is 0 Å². The molecule has 1 aromatic heterocycles. The van der Waals surface area contributed by atoms with Crippen molar-refractivity contribution in [3.05, 3.63) is 51.6 Å². The maximum absolute atomic E-state index is 13.5. The molecule has 0 saturated heterocycles. The van der Waals surface area contributed by atoms with E-state index < -0.39 is 16.4 Å². The van der Waals surface area contributed by atoms with Crippen LogP contribution >= 0.6 is 0 Å². The van der Waals surface area contributed by atoms with Crippen molar-refractivity contribution < 1.29 is 9.31 Å². The minimum absolute atomic E-state index is 0.0791. The number of hydrogen-bond acceptors (Lipinski definition) is 4. The Morgan fingerprint density at radius 1 is 1.50 bits per heavy atom. The van der Waals surface area contributed by atoms with Gasteiger partial charge in [0.15, 0.2) is 0 Å². The van der Waals surface area contributed by atoms with E-state index in [2.05, 4.69) is 10.4 Å². The number of nitrogens with zero attached hydrogens (tertiary/aromatic N) is 3. The second-order valence-electron chi connectivity index (χ2n) is 4.63. The molecule has 1 heterocycles. The van der Waals surface area contributed by atoms with Crippen LogP contribution in [-0.2, 0) is 7.05 Å². The number of aryl methyl sites for hydroxylation is 2. The molecule has 0 saturated carbocycles. The normalized spacial score (nSPS) is 12.2. The van der Waals surface area contributed by atoms with Crippen molar-refractivity contribution in [3.63, 3.8) is 0 Å². The van der Waals surface area contributed by atoms with E-state index in [0.717, 1.165) is 23.4 Å². The van der Waals surface area contributed by atoms with E-state index in [1.807, 2.05) is 27.1 Å². The lowest BCUT2D eigenvalue weighted by molar-refractivity contribution is -0.387. The Morgan fingerprint density at radius 3 is 2.70 bits per heavy atom. The molecule has 20 heavy (non-hydrogen) atoms. The fourth-order valence-corrected chi connectivity index (χ4v) is 2.12. The average Bonchev–Trinajstić information content (AvgIpc) is 2.68. The minimum Gasteiger partial charge on any atom is -0.378 e. The van der Waals surface area contributed by atoms with Gasteiger partial charge in [0, 0.05) is 36.6 Å². The number of benzene rings is 1. The summed E-state index contributed by atoms with van der Waals surface area (Å²) in [6, 6.07) is 3.69. The zero-order chi connectivity index (χ0) is 14.9. The molecule has 0 amide bonds. The summed E-state index contributed by atoms with van der Waals surface area (Å²) in [5.41, 5.74) is 1.84. The lowest BCUT2D eigenvalue weighted by Crippen LogP contribution is -2.07. The molecule has 0 fully saturated rings. The molecule has 0 spiro atoms. The number of nitrogens with one attached hydrogen (secondary N) is 1. The standard InChI is InChI=1S/C13H15FN4O2/c1-8(11-7-17(3)16-9(11)2)15-10-4-5-13(18(19)20)12(14)6-10/h4-8,15H,1-3H3. The van der Waals surface area contributed by atoms with Crippen molar-refractivity contribution in [2.75, 3.05) is 5.32 Å². The first kappa shape index (κ1) is 14.0. The number of halogens is 1. The van der Waals surface area contributed by atoms with E-state index in [1.54, 1.807) is 4.68 Å². The van der Waals surface area contributed by atoms with E-state index in [4.69, 9.17) is 0 Å². The quantitative estimate of drug-likeness (QED) is 0.689. The third kappa shape index (κ3) is 2.76. The third-order valence-electron chi connectivity index (χ3n) is 3.05. The third-order valence-corrected chi connectivity index (χ3v) is 3.05. The molecule has 1 atom stereocenters. The second-order valence-corrected chi connectivity index (χ2v) is 4.63. The van der Waals surface area contributed by atoms with Gasteiger partial charge >= 0.3 is 5.69 Å². The predicted octanol–water partition coefficient (Wildman–Crippen LogP) is 2.95. The SMILES string of the molecule is Cc1nn(C)cc1C(C)Nc1ccc([N+](=O)[O-])c(F)c1. The van der Waals surface area contributed by atoms with Crippen LogP contribution in [0.2, 0.25) is 0 Å². The van der Waals surface area contributed by atoms with E-state index in [0.29, 0.717) is 5.69 Å². The van der Waals surface area contributed by atoms with Crippen LogP contribution in [0.1, 0.15) is 24.2 Å². The van der Waals surface area contributed by atoms with Gasteiger partial charge in [0.2, 0.25) is 5.82 Å². The Bertz CT molecular complexity index is 654. The van der Waals surface area contributed by atoms with Gasteiger partial charge in [-0.2, -0.15) is 9.49 Å². The topological polar surface area (TPSA) is 73.0 Å².